The van der Waals surface area contributed by atoms with Gasteiger partial charge in [0.1, 0.15) is 0 Å². The third kappa shape index (κ3) is 4.33. The third-order valence-electron chi connectivity index (χ3n) is 3.20. The molecule has 1 rings (SSSR count). The highest BCUT2D eigenvalue weighted by Crippen LogP contribution is 2.12. The molecular formula is C14H23NO. The Balaban J connectivity index is 2.22. The van der Waals surface area contributed by atoms with Crippen LogP contribution in [0.3, 0.4) is 0 Å². The molecule has 1 aromatic carbocycles. The third-order valence-corrected chi connectivity index (χ3v) is 3.20. The fourth-order valence-corrected chi connectivity index (χ4v) is 1.70. The van der Waals surface area contributed by atoms with Gasteiger partial charge in [-0.2, -0.15) is 0 Å². The van der Waals surface area contributed by atoms with Gasteiger partial charge in [-0.3, -0.25) is 0 Å². The fourth-order valence-electron chi connectivity index (χ4n) is 1.70. The second kappa shape index (κ2) is 6.66. The standard InChI is InChI=1S/C14H23NO/c1-3-14(16,4-2)12-15-11-10-13-8-6-5-7-9-13/h5-9,15-16H,3-4,10-12H2,1-2H3. The van der Waals surface area contributed by atoms with Crippen LogP contribution in [0.15, 0.2) is 30.3 Å². The van der Waals surface area contributed by atoms with Gasteiger partial charge in [0, 0.05) is 6.54 Å². The number of rotatable bonds is 7. The molecule has 2 N–H and O–H groups in total. The van der Waals surface area contributed by atoms with Gasteiger partial charge in [-0.25, -0.2) is 0 Å². The maximum Gasteiger partial charge on any atom is 0.0766 e. The van der Waals surface area contributed by atoms with Gasteiger partial charge in [0.05, 0.1) is 5.60 Å². The van der Waals surface area contributed by atoms with Crippen LogP contribution in [0.25, 0.3) is 0 Å². The minimum Gasteiger partial charge on any atom is -0.389 e. The summed E-state index contributed by atoms with van der Waals surface area (Å²) >= 11 is 0. The minimum atomic E-state index is -0.531. The molecule has 0 amide bonds. The lowest BCUT2D eigenvalue weighted by atomic mass is 9.97. The molecule has 16 heavy (non-hydrogen) atoms. The Bertz CT molecular complexity index is 280. The van der Waals surface area contributed by atoms with E-state index in [0.29, 0.717) is 6.54 Å². The summed E-state index contributed by atoms with van der Waals surface area (Å²) in [5, 5.41) is 13.4. The van der Waals surface area contributed by atoms with Crippen LogP contribution in [0.2, 0.25) is 0 Å². The van der Waals surface area contributed by atoms with Crippen LogP contribution < -0.4 is 5.32 Å². The molecule has 0 fully saturated rings. The van der Waals surface area contributed by atoms with Crippen molar-refractivity contribution in [2.45, 2.75) is 38.7 Å². The molecule has 0 atom stereocenters. The van der Waals surface area contributed by atoms with Gasteiger partial charge in [0.25, 0.3) is 0 Å². The van der Waals surface area contributed by atoms with Crippen LogP contribution in [-0.2, 0) is 6.42 Å². The summed E-state index contributed by atoms with van der Waals surface area (Å²) in [7, 11) is 0. The zero-order chi connectivity index (χ0) is 11.9. The second-order valence-electron chi connectivity index (χ2n) is 4.34. The molecule has 0 heterocycles. The quantitative estimate of drug-likeness (QED) is 0.693. The Morgan fingerprint density at radius 1 is 1.12 bits per heavy atom. The highest BCUT2D eigenvalue weighted by molar-refractivity contribution is 5.14. The van der Waals surface area contributed by atoms with E-state index in [4.69, 9.17) is 0 Å². The summed E-state index contributed by atoms with van der Waals surface area (Å²) < 4.78 is 0. The van der Waals surface area contributed by atoms with Gasteiger partial charge in [0.2, 0.25) is 0 Å². The highest BCUT2D eigenvalue weighted by Gasteiger charge is 2.20. The minimum absolute atomic E-state index is 0.531. The molecule has 0 aliphatic rings. The second-order valence-corrected chi connectivity index (χ2v) is 4.34. The average molecular weight is 221 g/mol. The summed E-state index contributed by atoms with van der Waals surface area (Å²) in [5.74, 6) is 0. The molecule has 0 bridgehead atoms. The lowest BCUT2D eigenvalue weighted by Gasteiger charge is -2.25. The van der Waals surface area contributed by atoms with Gasteiger partial charge in [-0.05, 0) is 31.4 Å². The smallest absolute Gasteiger partial charge is 0.0766 e. The number of benzene rings is 1. The first-order valence-corrected chi connectivity index (χ1v) is 6.17. The maximum atomic E-state index is 10.1. The summed E-state index contributed by atoms with van der Waals surface area (Å²) in [5.41, 5.74) is 0.808. The molecule has 0 unspecified atom stereocenters. The number of aliphatic hydroxyl groups is 1. The van der Waals surface area contributed by atoms with Crippen molar-refractivity contribution >= 4 is 0 Å². The van der Waals surface area contributed by atoms with Crippen molar-refractivity contribution in [2.24, 2.45) is 0 Å². The van der Waals surface area contributed by atoms with Crippen LogP contribution in [0, 0.1) is 0 Å². The lowest BCUT2D eigenvalue weighted by molar-refractivity contribution is 0.0328. The molecule has 1 aromatic rings. The molecule has 0 aliphatic heterocycles. The SMILES string of the molecule is CCC(O)(CC)CNCCc1ccccc1. The van der Waals surface area contributed by atoms with Crippen LogP contribution in [0.1, 0.15) is 32.3 Å². The Morgan fingerprint density at radius 2 is 1.75 bits per heavy atom. The normalized spacial score (nSPS) is 11.7. The van der Waals surface area contributed by atoms with E-state index in [1.165, 1.54) is 5.56 Å². The molecule has 0 saturated carbocycles. The van der Waals surface area contributed by atoms with Crippen molar-refractivity contribution in [3.8, 4) is 0 Å². The van der Waals surface area contributed by atoms with E-state index in [2.05, 4.69) is 29.6 Å². The predicted octanol–water partition coefficient (Wildman–Crippen LogP) is 2.37. The summed E-state index contributed by atoms with van der Waals surface area (Å²) in [6.07, 6.45) is 2.63. The Labute approximate surface area is 98.7 Å². The van der Waals surface area contributed by atoms with Crippen molar-refractivity contribution in [1.82, 2.24) is 5.32 Å². The van der Waals surface area contributed by atoms with E-state index in [9.17, 15) is 5.11 Å². The van der Waals surface area contributed by atoms with Crippen molar-refractivity contribution in [1.29, 1.82) is 0 Å². The molecule has 0 aliphatic carbocycles. The van der Waals surface area contributed by atoms with E-state index in [1.54, 1.807) is 0 Å². The number of nitrogens with one attached hydrogen (secondary N) is 1. The molecule has 2 nitrogen and oxygen atoms in total. The zero-order valence-electron chi connectivity index (χ0n) is 10.4. The fraction of sp³-hybridized carbons (Fsp3) is 0.571. The van der Waals surface area contributed by atoms with E-state index >= 15 is 0 Å². The molecule has 0 saturated heterocycles. The Hall–Kier alpha value is -0.860. The topological polar surface area (TPSA) is 32.3 Å². The first-order valence-electron chi connectivity index (χ1n) is 6.17. The largest absolute Gasteiger partial charge is 0.389 e. The van der Waals surface area contributed by atoms with Gasteiger partial charge < -0.3 is 10.4 Å². The number of hydrogen-bond donors (Lipinski definition) is 2. The van der Waals surface area contributed by atoms with E-state index in [0.717, 1.165) is 25.8 Å². The first-order chi connectivity index (χ1) is 7.70. The van der Waals surface area contributed by atoms with Crippen LogP contribution in [-0.4, -0.2) is 23.8 Å². The Morgan fingerprint density at radius 3 is 2.31 bits per heavy atom. The molecule has 0 aromatic heterocycles. The van der Waals surface area contributed by atoms with E-state index in [1.807, 2.05) is 19.9 Å². The molecule has 0 radical (unpaired) electrons. The van der Waals surface area contributed by atoms with Gasteiger partial charge in [0.15, 0.2) is 0 Å². The van der Waals surface area contributed by atoms with Crippen molar-refractivity contribution in [3.63, 3.8) is 0 Å². The van der Waals surface area contributed by atoms with Gasteiger partial charge >= 0.3 is 0 Å². The summed E-state index contributed by atoms with van der Waals surface area (Å²) in [6.45, 7) is 5.67. The van der Waals surface area contributed by atoms with Crippen LogP contribution >= 0.6 is 0 Å². The van der Waals surface area contributed by atoms with Crippen molar-refractivity contribution in [3.05, 3.63) is 35.9 Å². The summed E-state index contributed by atoms with van der Waals surface area (Å²) in [6, 6.07) is 10.4. The summed E-state index contributed by atoms with van der Waals surface area (Å²) in [4.78, 5) is 0. The van der Waals surface area contributed by atoms with Gasteiger partial charge in [-0.15, -0.1) is 0 Å². The maximum absolute atomic E-state index is 10.1. The molecule has 90 valence electrons. The van der Waals surface area contributed by atoms with Crippen molar-refractivity contribution in [2.75, 3.05) is 13.1 Å². The molecule has 0 spiro atoms. The highest BCUT2D eigenvalue weighted by atomic mass is 16.3. The zero-order valence-corrected chi connectivity index (χ0v) is 10.4. The monoisotopic (exact) mass is 221 g/mol. The lowest BCUT2D eigenvalue weighted by Crippen LogP contribution is -2.40. The van der Waals surface area contributed by atoms with Crippen LogP contribution in [0.4, 0.5) is 0 Å². The van der Waals surface area contributed by atoms with E-state index < -0.39 is 5.60 Å². The first kappa shape index (κ1) is 13.2. The molecule has 2 heteroatoms. The predicted molar refractivity (Wildman–Crippen MR) is 68.5 cm³/mol. The molecular weight excluding hydrogens is 198 g/mol. The van der Waals surface area contributed by atoms with Crippen LogP contribution in [0.5, 0.6) is 0 Å². The average Bonchev–Trinajstić information content (AvgIpc) is 2.36. The van der Waals surface area contributed by atoms with E-state index in [-0.39, 0.29) is 0 Å². The van der Waals surface area contributed by atoms with Crippen molar-refractivity contribution < 1.29 is 5.11 Å². The van der Waals surface area contributed by atoms with Gasteiger partial charge in [-0.1, -0.05) is 44.2 Å². The Kier molecular flexibility index (Phi) is 5.50. The number of hydrogen-bond acceptors (Lipinski definition) is 2.